The summed E-state index contributed by atoms with van der Waals surface area (Å²) in [5.74, 6) is 0.859. The molecule has 1 aromatic rings. The number of carbonyl (C=O) groups is 1. The fourth-order valence-corrected chi connectivity index (χ4v) is 3.33. The molecule has 0 N–H and O–H groups in total. The second-order valence-electron chi connectivity index (χ2n) is 6.31. The van der Waals surface area contributed by atoms with Crippen LogP contribution in [0, 0.1) is 5.92 Å². The number of piperidine rings is 1. The molecule has 2 rings (SSSR count). The van der Waals surface area contributed by atoms with Crippen LogP contribution in [0.1, 0.15) is 31.7 Å². The maximum atomic E-state index is 11.7. The summed E-state index contributed by atoms with van der Waals surface area (Å²) in [6, 6.07) is 8.14. The van der Waals surface area contributed by atoms with E-state index in [-0.39, 0.29) is 5.91 Å². The third-order valence-corrected chi connectivity index (χ3v) is 4.75. The Labute approximate surface area is 139 Å². The van der Waals surface area contributed by atoms with Crippen LogP contribution in [-0.2, 0) is 11.2 Å². The molecule has 0 spiro atoms. The minimum atomic E-state index is 0.248. The molecule has 1 aromatic carbocycles. The van der Waals surface area contributed by atoms with E-state index < -0.39 is 0 Å². The van der Waals surface area contributed by atoms with E-state index in [1.54, 1.807) is 0 Å². The van der Waals surface area contributed by atoms with Gasteiger partial charge in [-0.15, -0.1) is 0 Å². The molecule has 1 atom stereocenters. The maximum Gasteiger partial charge on any atom is 0.222 e. The Bertz CT molecular complexity index is 474. The van der Waals surface area contributed by atoms with Gasteiger partial charge in [-0.1, -0.05) is 30.7 Å². The predicted molar refractivity (Wildman–Crippen MR) is 92.2 cm³/mol. The van der Waals surface area contributed by atoms with E-state index in [4.69, 9.17) is 11.6 Å². The zero-order valence-electron chi connectivity index (χ0n) is 13.7. The van der Waals surface area contributed by atoms with E-state index in [1.807, 2.05) is 31.0 Å². The van der Waals surface area contributed by atoms with Gasteiger partial charge in [-0.3, -0.25) is 4.79 Å². The maximum absolute atomic E-state index is 11.7. The Morgan fingerprint density at radius 1 is 1.36 bits per heavy atom. The summed E-state index contributed by atoms with van der Waals surface area (Å²) in [6.45, 7) is 6.19. The lowest BCUT2D eigenvalue weighted by atomic mass is 9.97. The van der Waals surface area contributed by atoms with E-state index in [9.17, 15) is 4.79 Å². The minimum absolute atomic E-state index is 0.248. The van der Waals surface area contributed by atoms with Gasteiger partial charge in [0.15, 0.2) is 0 Å². The van der Waals surface area contributed by atoms with Gasteiger partial charge in [0.25, 0.3) is 0 Å². The molecule has 4 heteroatoms. The summed E-state index contributed by atoms with van der Waals surface area (Å²) in [7, 11) is 1.93. The summed E-state index contributed by atoms with van der Waals surface area (Å²) >= 11 is 5.92. The third-order valence-electron chi connectivity index (χ3n) is 4.49. The van der Waals surface area contributed by atoms with Gasteiger partial charge in [0.05, 0.1) is 0 Å². The Morgan fingerprint density at radius 2 is 2.09 bits per heavy atom. The molecule has 0 aromatic heterocycles. The van der Waals surface area contributed by atoms with Gasteiger partial charge < -0.3 is 9.80 Å². The number of likely N-dealkylation sites (tertiary alicyclic amines) is 1. The van der Waals surface area contributed by atoms with Crippen molar-refractivity contribution in [3.63, 3.8) is 0 Å². The van der Waals surface area contributed by atoms with Crippen molar-refractivity contribution in [2.24, 2.45) is 5.92 Å². The highest BCUT2D eigenvalue weighted by Crippen LogP contribution is 2.18. The highest BCUT2D eigenvalue weighted by atomic mass is 35.5. The molecule has 1 aliphatic rings. The Balaban J connectivity index is 1.78. The van der Waals surface area contributed by atoms with Gasteiger partial charge in [0.1, 0.15) is 0 Å². The first-order valence-electron chi connectivity index (χ1n) is 8.29. The molecule has 0 radical (unpaired) electrons. The van der Waals surface area contributed by atoms with E-state index in [2.05, 4.69) is 17.0 Å². The van der Waals surface area contributed by atoms with Crippen LogP contribution in [0.15, 0.2) is 24.3 Å². The van der Waals surface area contributed by atoms with Crippen molar-refractivity contribution >= 4 is 17.5 Å². The van der Waals surface area contributed by atoms with E-state index in [0.29, 0.717) is 12.3 Å². The van der Waals surface area contributed by atoms with Crippen LogP contribution < -0.4 is 0 Å². The van der Waals surface area contributed by atoms with Crippen molar-refractivity contribution in [1.82, 2.24) is 9.80 Å². The molecule has 1 heterocycles. The molecular weight excluding hydrogens is 296 g/mol. The largest absolute Gasteiger partial charge is 0.345 e. The van der Waals surface area contributed by atoms with Crippen LogP contribution in [0.4, 0.5) is 0 Å². The van der Waals surface area contributed by atoms with Crippen LogP contribution in [0.25, 0.3) is 0 Å². The van der Waals surface area contributed by atoms with Gasteiger partial charge in [0.2, 0.25) is 5.91 Å². The van der Waals surface area contributed by atoms with Crippen LogP contribution in [0.3, 0.4) is 0 Å². The molecule has 0 unspecified atom stereocenters. The van der Waals surface area contributed by atoms with Crippen LogP contribution in [0.5, 0.6) is 0 Å². The average molecular weight is 323 g/mol. The molecule has 0 aliphatic carbocycles. The number of nitrogens with zero attached hydrogens (tertiary/aromatic N) is 2. The third kappa shape index (κ3) is 5.29. The lowest BCUT2D eigenvalue weighted by Crippen LogP contribution is -2.42. The highest BCUT2D eigenvalue weighted by molar-refractivity contribution is 6.30. The molecule has 3 nitrogen and oxygen atoms in total. The molecule has 0 saturated carbocycles. The fourth-order valence-electron chi connectivity index (χ4n) is 3.20. The molecule has 1 fully saturated rings. The van der Waals surface area contributed by atoms with Gasteiger partial charge in [-0.2, -0.15) is 0 Å². The summed E-state index contributed by atoms with van der Waals surface area (Å²) in [5.41, 5.74) is 1.34. The standard InChI is InChI=1S/C18H27ClN2O/c1-3-18(22)20(2)13-16-5-4-11-21(14-16)12-10-15-6-8-17(19)9-7-15/h6-9,16H,3-5,10-14H2,1-2H3/t16-/m1/s1. The number of amides is 1. The van der Waals surface area contributed by atoms with Gasteiger partial charge in [0, 0.05) is 38.1 Å². The van der Waals surface area contributed by atoms with Crippen molar-refractivity contribution in [3.8, 4) is 0 Å². The van der Waals surface area contributed by atoms with Crippen LogP contribution in [-0.4, -0.2) is 48.9 Å². The monoisotopic (exact) mass is 322 g/mol. The number of benzene rings is 1. The number of hydrogen-bond acceptors (Lipinski definition) is 2. The van der Waals surface area contributed by atoms with Crippen molar-refractivity contribution in [1.29, 1.82) is 0 Å². The van der Waals surface area contributed by atoms with Crippen molar-refractivity contribution < 1.29 is 4.79 Å². The minimum Gasteiger partial charge on any atom is -0.345 e. The molecule has 0 bridgehead atoms. The topological polar surface area (TPSA) is 23.6 Å². The predicted octanol–water partition coefficient (Wildman–Crippen LogP) is 3.46. The van der Waals surface area contributed by atoms with Gasteiger partial charge >= 0.3 is 0 Å². The molecular formula is C18H27ClN2O. The second-order valence-corrected chi connectivity index (χ2v) is 6.75. The Kier molecular flexibility index (Phi) is 6.71. The zero-order valence-corrected chi connectivity index (χ0v) is 14.5. The Morgan fingerprint density at radius 3 is 2.77 bits per heavy atom. The first-order chi connectivity index (χ1) is 10.6. The number of halogens is 1. The van der Waals surface area contributed by atoms with Crippen LogP contribution in [0.2, 0.25) is 5.02 Å². The zero-order chi connectivity index (χ0) is 15.9. The van der Waals surface area contributed by atoms with Crippen molar-refractivity contribution in [2.75, 3.05) is 33.2 Å². The van der Waals surface area contributed by atoms with E-state index >= 15 is 0 Å². The van der Waals surface area contributed by atoms with Crippen LogP contribution >= 0.6 is 11.6 Å². The molecule has 1 saturated heterocycles. The lowest BCUT2D eigenvalue weighted by molar-refractivity contribution is -0.130. The quantitative estimate of drug-likeness (QED) is 0.800. The van der Waals surface area contributed by atoms with Crippen molar-refractivity contribution in [3.05, 3.63) is 34.9 Å². The SMILES string of the molecule is CCC(=O)N(C)C[C@H]1CCCN(CCc2ccc(Cl)cc2)C1. The van der Waals surface area contributed by atoms with E-state index in [1.165, 1.54) is 24.9 Å². The molecule has 1 amide bonds. The number of hydrogen-bond donors (Lipinski definition) is 0. The molecule has 22 heavy (non-hydrogen) atoms. The van der Waals surface area contributed by atoms with Gasteiger partial charge in [-0.25, -0.2) is 0 Å². The number of rotatable bonds is 6. The smallest absolute Gasteiger partial charge is 0.222 e. The van der Waals surface area contributed by atoms with Gasteiger partial charge in [-0.05, 0) is 49.4 Å². The Hall–Kier alpha value is -1.06. The summed E-state index contributed by atoms with van der Waals surface area (Å²) in [4.78, 5) is 16.1. The first-order valence-corrected chi connectivity index (χ1v) is 8.67. The van der Waals surface area contributed by atoms with Crippen molar-refractivity contribution in [2.45, 2.75) is 32.6 Å². The molecule has 122 valence electrons. The summed E-state index contributed by atoms with van der Waals surface area (Å²) in [6.07, 6.45) is 4.13. The second kappa shape index (κ2) is 8.54. The molecule has 1 aliphatic heterocycles. The van der Waals surface area contributed by atoms with E-state index in [0.717, 1.165) is 31.1 Å². The first kappa shape index (κ1) is 17.3. The normalized spacial score (nSPS) is 19.1. The summed E-state index contributed by atoms with van der Waals surface area (Å²) in [5, 5.41) is 0.797. The highest BCUT2D eigenvalue weighted by Gasteiger charge is 2.22. The lowest BCUT2D eigenvalue weighted by Gasteiger charge is -2.34. The average Bonchev–Trinajstić information content (AvgIpc) is 2.54. The summed E-state index contributed by atoms with van der Waals surface area (Å²) < 4.78 is 0. The number of carbonyl (C=O) groups excluding carboxylic acids is 1. The fraction of sp³-hybridized carbons (Fsp3) is 0.611.